The maximum Gasteiger partial charge on any atom is 0.184 e. The second-order valence-electron chi connectivity index (χ2n) is 4.64. The Morgan fingerprint density at radius 2 is 2.44 bits per heavy atom. The van der Waals surface area contributed by atoms with E-state index in [-0.39, 0.29) is 11.9 Å². The maximum atomic E-state index is 12.2. The second-order valence-corrected chi connectivity index (χ2v) is 4.64. The number of Topliss-reactive ketones (excluding diaryl/α,β-unsaturated/α-hetero) is 1. The zero-order valence-electron chi connectivity index (χ0n) is 11.0. The van der Waals surface area contributed by atoms with Crippen LogP contribution in [0.2, 0.25) is 0 Å². The fourth-order valence-electron chi connectivity index (χ4n) is 2.33. The van der Waals surface area contributed by atoms with Crippen LogP contribution in [0.15, 0.2) is 6.20 Å². The molecule has 5 heteroatoms. The van der Waals surface area contributed by atoms with Crippen LogP contribution in [0.4, 0.5) is 0 Å². The monoisotopic (exact) mass is 252 g/mol. The number of aromatic nitrogens is 2. The summed E-state index contributed by atoms with van der Waals surface area (Å²) in [5, 5.41) is 4.04. The van der Waals surface area contributed by atoms with Crippen molar-refractivity contribution in [2.24, 2.45) is 7.05 Å². The van der Waals surface area contributed by atoms with Gasteiger partial charge in [0.05, 0.1) is 19.4 Å². The Morgan fingerprint density at radius 3 is 3.11 bits per heavy atom. The van der Waals surface area contributed by atoms with Crippen LogP contribution in [0.5, 0.6) is 5.75 Å². The molecule has 0 spiro atoms. The lowest BCUT2D eigenvalue weighted by molar-refractivity contribution is 0.0104. The summed E-state index contributed by atoms with van der Waals surface area (Å²) in [6.45, 7) is 0.827. The highest BCUT2D eigenvalue weighted by molar-refractivity contribution is 5.96. The van der Waals surface area contributed by atoms with Gasteiger partial charge < -0.3 is 9.47 Å². The summed E-state index contributed by atoms with van der Waals surface area (Å²) in [6.07, 6.45) is 6.49. The first-order valence-electron chi connectivity index (χ1n) is 6.43. The molecule has 0 N–H and O–H groups in total. The molecule has 1 aromatic rings. The number of rotatable bonds is 5. The quantitative estimate of drug-likeness (QED) is 0.752. The standard InChI is InChI=1S/C13H20N2O3/c1-15-13(12(17-2)9-14-15)11(16)7-6-10-5-3-4-8-18-10/h9-10H,3-8H2,1-2H3. The summed E-state index contributed by atoms with van der Waals surface area (Å²) in [5.41, 5.74) is 0.549. The van der Waals surface area contributed by atoms with E-state index in [9.17, 15) is 4.79 Å². The van der Waals surface area contributed by atoms with Crippen LogP contribution in [-0.4, -0.2) is 35.4 Å². The average Bonchev–Trinajstić information content (AvgIpc) is 2.78. The number of carbonyl (C=O) groups excluding carboxylic acids is 1. The summed E-state index contributed by atoms with van der Waals surface area (Å²) in [4.78, 5) is 12.2. The van der Waals surface area contributed by atoms with Gasteiger partial charge in [-0.05, 0) is 25.7 Å². The number of hydrogen-bond donors (Lipinski definition) is 0. The van der Waals surface area contributed by atoms with Gasteiger partial charge in [-0.25, -0.2) is 0 Å². The van der Waals surface area contributed by atoms with Crippen molar-refractivity contribution in [3.05, 3.63) is 11.9 Å². The van der Waals surface area contributed by atoms with E-state index in [0.717, 1.165) is 25.9 Å². The Hall–Kier alpha value is -1.36. The molecule has 5 nitrogen and oxygen atoms in total. The van der Waals surface area contributed by atoms with E-state index in [1.54, 1.807) is 25.0 Å². The van der Waals surface area contributed by atoms with E-state index in [4.69, 9.17) is 9.47 Å². The molecule has 1 aliphatic rings. The third-order valence-corrected chi connectivity index (χ3v) is 3.36. The normalized spacial score (nSPS) is 19.8. The minimum Gasteiger partial charge on any atom is -0.493 e. The number of methoxy groups -OCH3 is 1. The molecule has 0 aliphatic carbocycles. The number of ether oxygens (including phenoxy) is 2. The predicted molar refractivity (Wildman–Crippen MR) is 66.9 cm³/mol. The Labute approximate surface area is 107 Å². The van der Waals surface area contributed by atoms with Crippen LogP contribution in [0.1, 0.15) is 42.6 Å². The van der Waals surface area contributed by atoms with E-state index in [2.05, 4.69) is 5.10 Å². The highest BCUT2D eigenvalue weighted by Crippen LogP contribution is 2.22. The molecule has 1 saturated heterocycles. The number of nitrogens with zero attached hydrogens (tertiary/aromatic N) is 2. The summed E-state index contributed by atoms with van der Waals surface area (Å²) < 4.78 is 12.3. The van der Waals surface area contributed by atoms with Gasteiger partial charge in [0.15, 0.2) is 11.5 Å². The molecule has 0 bridgehead atoms. The van der Waals surface area contributed by atoms with Crippen molar-refractivity contribution < 1.29 is 14.3 Å². The lowest BCUT2D eigenvalue weighted by Crippen LogP contribution is -2.20. The van der Waals surface area contributed by atoms with Crippen LogP contribution in [-0.2, 0) is 11.8 Å². The SMILES string of the molecule is COc1cnn(C)c1C(=O)CCC1CCCCO1. The number of carbonyl (C=O) groups is 1. The third kappa shape index (κ3) is 2.90. The van der Waals surface area contributed by atoms with Crippen LogP contribution in [0.25, 0.3) is 0 Å². The number of ketones is 1. The number of hydrogen-bond acceptors (Lipinski definition) is 4. The Bertz CT molecular complexity index is 408. The van der Waals surface area contributed by atoms with E-state index >= 15 is 0 Å². The van der Waals surface area contributed by atoms with Crippen LogP contribution < -0.4 is 4.74 Å². The third-order valence-electron chi connectivity index (χ3n) is 3.36. The molecule has 1 fully saturated rings. The van der Waals surface area contributed by atoms with Crippen LogP contribution >= 0.6 is 0 Å². The lowest BCUT2D eigenvalue weighted by atomic mass is 10.0. The largest absolute Gasteiger partial charge is 0.493 e. The van der Waals surface area contributed by atoms with Gasteiger partial charge in [-0.15, -0.1) is 0 Å². The van der Waals surface area contributed by atoms with Crippen molar-refractivity contribution >= 4 is 5.78 Å². The molecule has 0 aromatic carbocycles. The van der Waals surface area contributed by atoms with Crippen molar-refractivity contribution in [1.82, 2.24) is 9.78 Å². The van der Waals surface area contributed by atoms with E-state index in [1.807, 2.05) is 0 Å². The minimum atomic E-state index is 0.0704. The van der Waals surface area contributed by atoms with Crippen molar-refractivity contribution in [3.8, 4) is 5.75 Å². The van der Waals surface area contributed by atoms with Crippen molar-refractivity contribution in [2.45, 2.75) is 38.2 Å². The van der Waals surface area contributed by atoms with Gasteiger partial charge >= 0.3 is 0 Å². The fourth-order valence-corrected chi connectivity index (χ4v) is 2.33. The van der Waals surface area contributed by atoms with Gasteiger partial charge in [-0.3, -0.25) is 9.48 Å². The van der Waals surface area contributed by atoms with E-state index in [0.29, 0.717) is 17.9 Å². The predicted octanol–water partition coefficient (Wildman–Crippen LogP) is 1.96. The molecule has 100 valence electrons. The first-order chi connectivity index (χ1) is 8.72. The molecular weight excluding hydrogens is 232 g/mol. The molecular formula is C13H20N2O3. The number of aryl methyl sites for hydroxylation is 1. The van der Waals surface area contributed by atoms with E-state index < -0.39 is 0 Å². The topological polar surface area (TPSA) is 53.4 Å². The van der Waals surface area contributed by atoms with E-state index in [1.165, 1.54) is 6.42 Å². The zero-order valence-corrected chi connectivity index (χ0v) is 11.0. The molecule has 0 saturated carbocycles. The van der Waals surface area contributed by atoms with Crippen molar-refractivity contribution in [1.29, 1.82) is 0 Å². The van der Waals surface area contributed by atoms with Gasteiger partial charge in [0, 0.05) is 20.1 Å². The van der Waals surface area contributed by atoms with Crippen molar-refractivity contribution in [2.75, 3.05) is 13.7 Å². The zero-order chi connectivity index (χ0) is 13.0. The highest BCUT2D eigenvalue weighted by Gasteiger charge is 2.20. The molecule has 0 amide bonds. The smallest absolute Gasteiger partial charge is 0.184 e. The van der Waals surface area contributed by atoms with Gasteiger partial charge in [0.2, 0.25) is 0 Å². The van der Waals surface area contributed by atoms with Gasteiger partial charge in [-0.1, -0.05) is 0 Å². The lowest BCUT2D eigenvalue weighted by Gasteiger charge is -2.22. The Morgan fingerprint density at radius 1 is 1.61 bits per heavy atom. The Kier molecular flexibility index (Phi) is 4.36. The highest BCUT2D eigenvalue weighted by atomic mass is 16.5. The molecule has 1 aliphatic heterocycles. The molecule has 2 heterocycles. The molecule has 1 atom stereocenters. The fraction of sp³-hybridized carbons (Fsp3) is 0.692. The van der Waals surface area contributed by atoms with Gasteiger partial charge in [0.25, 0.3) is 0 Å². The summed E-state index contributed by atoms with van der Waals surface area (Å²) in [5.74, 6) is 0.619. The van der Waals surface area contributed by atoms with Gasteiger partial charge in [-0.2, -0.15) is 5.10 Å². The summed E-state index contributed by atoms with van der Waals surface area (Å²) in [7, 11) is 3.31. The molecule has 2 rings (SSSR count). The van der Waals surface area contributed by atoms with Crippen molar-refractivity contribution in [3.63, 3.8) is 0 Å². The maximum absolute atomic E-state index is 12.2. The molecule has 0 radical (unpaired) electrons. The van der Waals surface area contributed by atoms with Crippen LogP contribution in [0.3, 0.4) is 0 Å². The second kappa shape index (κ2) is 6.00. The van der Waals surface area contributed by atoms with Gasteiger partial charge in [0.1, 0.15) is 5.69 Å². The molecule has 1 unspecified atom stereocenters. The first kappa shape index (κ1) is 13.1. The molecule has 18 heavy (non-hydrogen) atoms. The summed E-state index contributed by atoms with van der Waals surface area (Å²) >= 11 is 0. The molecule has 1 aromatic heterocycles. The van der Waals surface area contributed by atoms with Crippen LogP contribution in [0, 0.1) is 0 Å². The average molecular weight is 252 g/mol. The first-order valence-corrected chi connectivity index (χ1v) is 6.43. The minimum absolute atomic E-state index is 0.0704. The Balaban J connectivity index is 1.92. The summed E-state index contributed by atoms with van der Waals surface area (Å²) in [6, 6.07) is 0.